The Balaban J connectivity index is 1.31. The fraction of sp³-hybridized carbons (Fsp3) is 0.133. The van der Waals surface area contributed by atoms with Gasteiger partial charge in [-0.15, -0.1) is 5.10 Å². The lowest BCUT2D eigenvalue weighted by Crippen LogP contribution is -2.17. The third kappa shape index (κ3) is 6.23. The van der Waals surface area contributed by atoms with Gasteiger partial charge in [0, 0.05) is 34.2 Å². The van der Waals surface area contributed by atoms with Gasteiger partial charge in [-0.3, -0.25) is 19.9 Å². The van der Waals surface area contributed by atoms with E-state index in [1.165, 1.54) is 10.7 Å². The molecular weight excluding hydrogens is 586 g/mol. The molecule has 204 valence electrons. The van der Waals surface area contributed by atoms with Crippen molar-refractivity contribution in [2.24, 2.45) is 0 Å². The molecule has 3 heterocycles. The Morgan fingerprint density at radius 3 is 2.59 bits per heavy atom. The lowest BCUT2D eigenvalue weighted by Gasteiger charge is -2.16. The largest absolute Gasteiger partial charge is 0.455 e. The molecule has 0 bridgehead atoms. The molecule has 2 amide bonds. The van der Waals surface area contributed by atoms with E-state index in [-0.39, 0.29) is 17.8 Å². The number of hydrogen-bond donors (Lipinski definition) is 2. The van der Waals surface area contributed by atoms with E-state index in [2.05, 4.69) is 47.7 Å². The Bertz CT molecular complexity index is 1840. The van der Waals surface area contributed by atoms with E-state index in [9.17, 15) is 14.9 Å². The van der Waals surface area contributed by atoms with Crippen molar-refractivity contribution in [3.8, 4) is 17.6 Å². The second-order valence-corrected chi connectivity index (χ2v) is 10.7. The first-order chi connectivity index (χ1) is 19.6. The molecule has 41 heavy (non-hydrogen) atoms. The van der Waals surface area contributed by atoms with Gasteiger partial charge in [0.1, 0.15) is 11.5 Å². The number of halogens is 1. The van der Waals surface area contributed by atoms with Crippen LogP contribution in [0.15, 0.2) is 83.7 Å². The average molecular weight is 610 g/mol. The highest BCUT2D eigenvalue weighted by molar-refractivity contribution is 9.10. The maximum absolute atomic E-state index is 13.0. The molecule has 0 radical (unpaired) electrons. The van der Waals surface area contributed by atoms with Crippen molar-refractivity contribution in [1.82, 2.24) is 19.6 Å². The van der Waals surface area contributed by atoms with Crippen LogP contribution in [0.5, 0.6) is 11.5 Å². The highest BCUT2D eigenvalue weighted by Gasteiger charge is 2.21. The van der Waals surface area contributed by atoms with Crippen LogP contribution in [0.4, 0.5) is 11.6 Å². The predicted octanol–water partition coefficient (Wildman–Crippen LogP) is 6.29. The normalized spacial score (nSPS) is 11.1. The summed E-state index contributed by atoms with van der Waals surface area (Å²) in [5.74, 6) is 0.468. The zero-order valence-electron chi connectivity index (χ0n) is 22.3. The first-order valence-corrected chi connectivity index (χ1v) is 13.3. The van der Waals surface area contributed by atoms with Gasteiger partial charge < -0.3 is 10.1 Å². The van der Waals surface area contributed by atoms with E-state index in [0.717, 1.165) is 11.1 Å². The molecule has 0 saturated carbocycles. The van der Waals surface area contributed by atoms with Crippen LogP contribution < -0.4 is 15.4 Å². The molecule has 0 unspecified atom stereocenters. The number of rotatable bonds is 7. The lowest BCUT2D eigenvalue weighted by molar-refractivity contribution is 0.101. The maximum atomic E-state index is 13.0. The SMILES string of the molecule is Cc1ccc(NC(=O)c2cccc(C(C)(C)C#N)c2)cc1Oc1ccc2nc(NC(=O)c3cncc(Br)c3)nn2c1. The van der Waals surface area contributed by atoms with Gasteiger partial charge in [-0.25, -0.2) is 4.52 Å². The Morgan fingerprint density at radius 2 is 1.80 bits per heavy atom. The number of nitriles is 1. The Morgan fingerprint density at radius 1 is 1.00 bits per heavy atom. The van der Waals surface area contributed by atoms with Crippen molar-refractivity contribution in [3.63, 3.8) is 0 Å². The summed E-state index contributed by atoms with van der Waals surface area (Å²) in [6, 6.07) is 19.8. The third-order valence-corrected chi connectivity index (χ3v) is 6.73. The highest BCUT2D eigenvalue weighted by atomic mass is 79.9. The van der Waals surface area contributed by atoms with Crippen molar-refractivity contribution in [2.45, 2.75) is 26.2 Å². The number of hydrogen-bond acceptors (Lipinski definition) is 7. The number of amides is 2. The minimum Gasteiger partial charge on any atom is -0.455 e. The summed E-state index contributed by atoms with van der Waals surface area (Å²) in [7, 11) is 0. The summed E-state index contributed by atoms with van der Waals surface area (Å²) < 4.78 is 8.30. The van der Waals surface area contributed by atoms with Crippen molar-refractivity contribution in [3.05, 3.63) is 106 Å². The second kappa shape index (κ2) is 11.2. The smallest absolute Gasteiger partial charge is 0.259 e. The van der Waals surface area contributed by atoms with Gasteiger partial charge in [0.25, 0.3) is 11.8 Å². The van der Waals surface area contributed by atoms with Crippen LogP contribution in [0.2, 0.25) is 0 Å². The Labute approximate surface area is 244 Å². The van der Waals surface area contributed by atoms with E-state index >= 15 is 0 Å². The number of aromatic nitrogens is 4. The second-order valence-electron chi connectivity index (χ2n) is 9.80. The molecule has 2 N–H and O–H groups in total. The molecule has 0 aliphatic heterocycles. The molecule has 5 rings (SSSR count). The van der Waals surface area contributed by atoms with Crippen molar-refractivity contribution >= 4 is 45.0 Å². The summed E-state index contributed by atoms with van der Waals surface area (Å²) in [6.07, 6.45) is 4.68. The molecule has 0 aliphatic carbocycles. The standard InChI is InChI=1S/C30H24BrN7O3/c1-18-7-8-23(34-27(39)19-5-4-6-21(11-19)30(2,3)17-32)13-25(18)41-24-9-10-26-35-29(37-38(26)16-24)36-28(40)20-12-22(31)15-33-14-20/h4-16H,1-3H3,(H,34,39)(H,36,37,40). The number of fused-ring (bicyclic) bond motifs is 1. The maximum Gasteiger partial charge on any atom is 0.259 e. The number of carbonyl (C=O) groups is 2. The van der Waals surface area contributed by atoms with Crippen LogP contribution in [0, 0.1) is 18.3 Å². The van der Waals surface area contributed by atoms with Crippen molar-refractivity contribution < 1.29 is 14.3 Å². The fourth-order valence-electron chi connectivity index (χ4n) is 3.92. The minimum atomic E-state index is -0.713. The zero-order valence-corrected chi connectivity index (χ0v) is 23.9. The Hall–Kier alpha value is -5.08. The van der Waals surface area contributed by atoms with Crippen LogP contribution in [-0.4, -0.2) is 31.4 Å². The van der Waals surface area contributed by atoms with Gasteiger partial charge in [0.2, 0.25) is 5.95 Å². The quantitative estimate of drug-likeness (QED) is 0.221. The van der Waals surface area contributed by atoms with Crippen LogP contribution in [-0.2, 0) is 5.41 Å². The lowest BCUT2D eigenvalue weighted by atomic mass is 9.85. The van der Waals surface area contributed by atoms with Crippen molar-refractivity contribution in [2.75, 3.05) is 10.6 Å². The minimum absolute atomic E-state index is 0.134. The van der Waals surface area contributed by atoms with E-state index in [4.69, 9.17) is 4.74 Å². The summed E-state index contributed by atoms with van der Waals surface area (Å²) >= 11 is 3.30. The molecule has 2 aromatic carbocycles. The number of ether oxygens (including phenoxy) is 1. The van der Waals surface area contributed by atoms with E-state index in [1.807, 2.05) is 32.9 Å². The number of nitrogens with one attached hydrogen (secondary N) is 2. The van der Waals surface area contributed by atoms with Crippen LogP contribution in [0.1, 0.15) is 45.7 Å². The number of carbonyl (C=O) groups excluding carboxylic acids is 2. The van der Waals surface area contributed by atoms with Gasteiger partial charge in [-0.05, 0) is 84.2 Å². The molecule has 0 fully saturated rings. The summed E-state index contributed by atoms with van der Waals surface area (Å²) in [6.45, 7) is 5.51. The van der Waals surface area contributed by atoms with Crippen LogP contribution >= 0.6 is 15.9 Å². The third-order valence-electron chi connectivity index (χ3n) is 6.30. The molecule has 0 saturated heterocycles. The van der Waals surface area contributed by atoms with Gasteiger partial charge in [-0.2, -0.15) is 10.2 Å². The number of pyridine rings is 2. The molecule has 0 spiro atoms. The predicted molar refractivity (Wildman–Crippen MR) is 157 cm³/mol. The first kappa shape index (κ1) is 27.5. The summed E-state index contributed by atoms with van der Waals surface area (Å²) in [5.41, 5.74) is 2.78. The molecule has 3 aromatic heterocycles. The number of benzene rings is 2. The van der Waals surface area contributed by atoms with Gasteiger partial charge in [0.15, 0.2) is 5.65 Å². The van der Waals surface area contributed by atoms with Crippen LogP contribution in [0.25, 0.3) is 5.65 Å². The highest BCUT2D eigenvalue weighted by Crippen LogP contribution is 2.29. The van der Waals surface area contributed by atoms with E-state index in [0.29, 0.717) is 38.4 Å². The molecule has 0 aliphatic rings. The molecule has 10 nitrogen and oxygen atoms in total. The summed E-state index contributed by atoms with van der Waals surface area (Å²) in [4.78, 5) is 33.8. The zero-order chi connectivity index (χ0) is 29.1. The van der Waals surface area contributed by atoms with E-state index < -0.39 is 5.41 Å². The number of nitrogens with zero attached hydrogens (tertiary/aromatic N) is 5. The number of anilines is 2. The average Bonchev–Trinajstić information content (AvgIpc) is 3.36. The Kier molecular flexibility index (Phi) is 7.50. The topological polar surface area (TPSA) is 134 Å². The molecular formula is C30H24BrN7O3. The van der Waals surface area contributed by atoms with E-state index in [1.54, 1.807) is 60.9 Å². The fourth-order valence-corrected chi connectivity index (χ4v) is 4.28. The molecule has 0 atom stereocenters. The monoisotopic (exact) mass is 609 g/mol. The van der Waals surface area contributed by atoms with Crippen LogP contribution in [0.3, 0.4) is 0 Å². The summed E-state index contributed by atoms with van der Waals surface area (Å²) in [5, 5.41) is 19.3. The number of aryl methyl sites for hydroxylation is 1. The first-order valence-electron chi connectivity index (χ1n) is 12.5. The molecule has 5 aromatic rings. The van der Waals surface area contributed by atoms with Gasteiger partial charge in [0.05, 0.1) is 23.2 Å². The molecule has 11 heteroatoms. The van der Waals surface area contributed by atoms with Gasteiger partial charge >= 0.3 is 0 Å². The van der Waals surface area contributed by atoms with Crippen molar-refractivity contribution in [1.29, 1.82) is 5.26 Å². The van der Waals surface area contributed by atoms with Gasteiger partial charge in [-0.1, -0.05) is 18.2 Å².